The van der Waals surface area contributed by atoms with Crippen LogP contribution in [0.5, 0.6) is 0 Å². The van der Waals surface area contributed by atoms with Gasteiger partial charge in [-0.05, 0) is 19.8 Å². The molecule has 0 fully saturated rings. The Morgan fingerprint density at radius 1 is 1.31 bits per heavy atom. The number of ether oxygens (including phenoxy) is 1. The van der Waals surface area contributed by atoms with Crippen molar-refractivity contribution >= 4 is 11.8 Å². The summed E-state index contributed by atoms with van der Waals surface area (Å²) in [6.07, 6.45) is 1.45. The lowest BCUT2D eigenvalue weighted by atomic mass is 10.1. The highest BCUT2D eigenvalue weighted by Crippen LogP contribution is 1.99. The van der Waals surface area contributed by atoms with Crippen molar-refractivity contribution in [3.8, 4) is 0 Å². The summed E-state index contributed by atoms with van der Waals surface area (Å²) in [5, 5.41) is 8.44. The van der Waals surface area contributed by atoms with Crippen LogP contribution in [-0.2, 0) is 14.3 Å². The van der Waals surface area contributed by atoms with Crippen molar-refractivity contribution in [2.24, 2.45) is 0 Å². The number of aliphatic hydroxyl groups is 1. The molecule has 0 aromatic rings. The van der Waals surface area contributed by atoms with E-state index in [2.05, 4.69) is 4.74 Å². The Hall–Kier alpha value is -0.900. The third-order valence-corrected chi connectivity index (χ3v) is 1.51. The maximum atomic E-state index is 11.0. The van der Waals surface area contributed by atoms with Crippen LogP contribution in [0.4, 0.5) is 0 Å². The number of esters is 1. The van der Waals surface area contributed by atoms with Gasteiger partial charge in [-0.1, -0.05) is 0 Å². The lowest BCUT2D eigenvalue weighted by molar-refractivity contribution is -0.145. The second-order valence-electron chi connectivity index (χ2n) is 2.70. The quantitative estimate of drug-likeness (QED) is 0.362. The number of aliphatic hydroxyl groups excluding tert-OH is 1. The number of hydrogen-bond acceptors (Lipinski definition) is 4. The van der Waals surface area contributed by atoms with Gasteiger partial charge in [0, 0.05) is 13.0 Å². The lowest BCUT2D eigenvalue weighted by Gasteiger charge is -2.00. The van der Waals surface area contributed by atoms with E-state index in [0.29, 0.717) is 25.9 Å². The van der Waals surface area contributed by atoms with Crippen LogP contribution in [0.15, 0.2) is 0 Å². The van der Waals surface area contributed by atoms with Crippen LogP contribution in [-0.4, -0.2) is 30.1 Å². The number of carbonyl (C=O) groups is 2. The van der Waals surface area contributed by atoms with Gasteiger partial charge in [0.05, 0.1) is 6.61 Å². The van der Waals surface area contributed by atoms with Gasteiger partial charge in [0.2, 0.25) is 0 Å². The van der Waals surface area contributed by atoms with Gasteiger partial charge in [0.1, 0.15) is 12.2 Å². The molecular formula is C9H16O4. The Bertz CT molecular complexity index is 165. The van der Waals surface area contributed by atoms with Crippen molar-refractivity contribution in [3.05, 3.63) is 0 Å². The molecule has 0 radical (unpaired) electrons. The van der Waals surface area contributed by atoms with Gasteiger partial charge in [0.15, 0.2) is 0 Å². The molecule has 0 saturated heterocycles. The molecule has 0 amide bonds. The maximum Gasteiger partial charge on any atom is 0.313 e. The smallest absolute Gasteiger partial charge is 0.313 e. The van der Waals surface area contributed by atoms with E-state index in [1.807, 2.05) is 0 Å². The first kappa shape index (κ1) is 12.1. The molecule has 0 spiro atoms. The molecule has 0 aromatic carbocycles. The first-order chi connectivity index (χ1) is 6.20. The molecule has 0 aliphatic heterocycles. The van der Waals surface area contributed by atoms with Crippen LogP contribution in [0.3, 0.4) is 0 Å². The van der Waals surface area contributed by atoms with Gasteiger partial charge in [-0.3, -0.25) is 9.59 Å². The van der Waals surface area contributed by atoms with Gasteiger partial charge in [-0.2, -0.15) is 0 Å². The fourth-order valence-electron chi connectivity index (χ4n) is 0.895. The summed E-state index contributed by atoms with van der Waals surface area (Å²) in [5.41, 5.74) is 0. The predicted molar refractivity (Wildman–Crippen MR) is 47.2 cm³/mol. The highest BCUT2D eigenvalue weighted by Gasteiger charge is 2.09. The maximum absolute atomic E-state index is 11.0. The second kappa shape index (κ2) is 7.73. The summed E-state index contributed by atoms with van der Waals surface area (Å²) < 4.78 is 4.61. The number of carbonyl (C=O) groups excluding carboxylic acids is 2. The second-order valence-corrected chi connectivity index (χ2v) is 2.70. The van der Waals surface area contributed by atoms with Crippen molar-refractivity contribution in [1.29, 1.82) is 0 Å². The Kier molecular flexibility index (Phi) is 7.20. The Morgan fingerprint density at radius 3 is 2.54 bits per heavy atom. The SMILES string of the molecule is CCOC(=O)CC(=O)CCCCO. The highest BCUT2D eigenvalue weighted by molar-refractivity contribution is 5.95. The first-order valence-electron chi connectivity index (χ1n) is 4.49. The van der Waals surface area contributed by atoms with E-state index in [1.165, 1.54) is 0 Å². The Morgan fingerprint density at radius 2 is 2.00 bits per heavy atom. The molecule has 0 heterocycles. The number of unbranched alkanes of at least 4 members (excludes halogenated alkanes) is 1. The van der Waals surface area contributed by atoms with Crippen LogP contribution in [0, 0.1) is 0 Å². The molecule has 0 unspecified atom stereocenters. The van der Waals surface area contributed by atoms with Crippen LogP contribution >= 0.6 is 0 Å². The zero-order valence-corrected chi connectivity index (χ0v) is 7.91. The fourth-order valence-corrected chi connectivity index (χ4v) is 0.895. The van der Waals surface area contributed by atoms with Gasteiger partial charge < -0.3 is 9.84 Å². The molecule has 4 heteroatoms. The van der Waals surface area contributed by atoms with E-state index in [1.54, 1.807) is 6.92 Å². The van der Waals surface area contributed by atoms with E-state index >= 15 is 0 Å². The third-order valence-electron chi connectivity index (χ3n) is 1.51. The van der Waals surface area contributed by atoms with E-state index in [-0.39, 0.29) is 18.8 Å². The van der Waals surface area contributed by atoms with Crippen LogP contribution in [0.25, 0.3) is 0 Å². The fraction of sp³-hybridized carbons (Fsp3) is 0.778. The summed E-state index contributed by atoms with van der Waals surface area (Å²) in [4.78, 5) is 21.8. The van der Waals surface area contributed by atoms with Crippen molar-refractivity contribution in [1.82, 2.24) is 0 Å². The minimum atomic E-state index is -0.462. The predicted octanol–water partition coefficient (Wildman–Crippen LogP) is 0.671. The monoisotopic (exact) mass is 188 g/mol. The van der Waals surface area contributed by atoms with Crippen LogP contribution in [0.2, 0.25) is 0 Å². The minimum absolute atomic E-state index is 0.0900. The standard InChI is InChI=1S/C9H16O4/c1-2-13-9(12)7-8(11)5-3-4-6-10/h10H,2-7H2,1H3. The summed E-state index contributed by atoms with van der Waals surface area (Å²) >= 11 is 0. The molecule has 0 aliphatic carbocycles. The Balaban J connectivity index is 3.44. The number of hydrogen-bond donors (Lipinski definition) is 1. The normalized spacial score (nSPS) is 9.69. The minimum Gasteiger partial charge on any atom is -0.466 e. The van der Waals surface area contributed by atoms with E-state index in [0.717, 1.165) is 0 Å². The van der Waals surface area contributed by atoms with Crippen molar-refractivity contribution < 1.29 is 19.4 Å². The summed E-state index contributed by atoms with van der Waals surface area (Å²) in [5.74, 6) is -0.580. The summed E-state index contributed by atoms with van der Waals surface area (Å²) in [6, 6.07) is 0. The third kappa shape index (κ3) is 7.46. The first-order valence-corrected chi connectivity index (χ1v) is 4.49. The molecule has 0 saturated carbocycles. The highest BCUT2D eigenvalue weighted by atomic mass is 16.5. The molecule has 1 N–H and O–H groups in total. The van der Waals surface area contributed by atoms with E-state index < -0.39 is 5.97 Å². The van der Waals surface area contributed by atoms with E-state index in [9.17, 15) is 9.59 Å². The van der Waals surface area contributed by atoms with Crippen molar-refractivity contribution in [3.63, 3.8) is 0 Å². The van der Waals surface area contributed by atoms with Gasteiger partial charge in [-0.15, -0.1) is 0 Å². The summed E-state index contributed by atoms with van der Waals surface area (Å²) in [7, 11) is 0. The molecule has 0 aromatic heterocycles. The largest absolute Gasteiger partial charge is 0.466 e. The molecule has 0 atom stereocenters. The molecule has 0 aliphatic rings. The van der Waals surface area contributed by atoms with Gasteiger partial charge in [-0.25, -0.2) is 0 Å². The molecule has 76 valence electrons. The molecule has 0 rings (SSSR count). The number of Topliss-reactive ketones (excluding diaryl/α,β-unsaturated/α-hetero) is 1. The summed E-state index contributed by atoms with van der Waals surface area (Å²) in [6.45, 7) is 2.10. The topological polar surface area (TPSA) is 63.6 Å². The molecule has 13 heavy (non-hydrogen) atoms. The lowest BCUT2D eigenvalue weighted by Crippen LogP contribution is -2.10. The molecule has 4 nitrogen and oxygen atoms in total. The number of rotatable bonds is 7. The zero-order valence-electron chi connectivity index (χ0n) is 7.91. The van der Waals surface area contributed by atoms with E-state index in [4.69, 9.17) is 5.11 Å². The average Bonchev–Trinajstić information content (AvgIpc) is 2.05. The number of ketones is 1. The zero-order chi connectivity index (χ0) is 10.1. The van der Waals surface area contributed by atoms with Crippen LogP contribution < -0.4 is 0 Å². The average molecular weight is 188 g/mol. The molecule has 0 bridgehead atoms. The van der Waals surface area contributed by atoms with Crippen molar-refractivity contribution in [2.45, 2.75) is 32.6 Å². The van der Waals surface area contributed by atoms with Crippen LogP contribution in [0.1, 0.15) is 32.6 Å². The van der Waals surface area contributed by atoms with Gasteiger partial charge >= 0.3 is 5.97 Å². The van der Waals surface area contributed by atoms with Crippen molar-refractivity contribution in [2.75, 3.05) is 13.2 Å². The Labute approximate surface area is 77.9 Å². The molecular weight excluding hydrogens is 172 g/mol. The van der Waals surface area contributed by atoms with Gasteiger partial charge in [0.25, 0.3) is 0 Å².